The van der Waals surface area contributed by atoms with Gasteiger partial charge in [-0.2, -0.15) is 0 Å². The minimum atomic E-state index is -0.521. The van der Waals surface area contributed by atoms with Crippen LogP contribution in [0.15, 0.2) is 41.1 Å². The van der Waals surface area contributed by atoms with Crippen LogP contribution in [0.5, 0.6) is 11.5 Å². The quantitative estimate of drug-likeness (QED) is 0.588. The van der Waals surface area contributed by atoms with Crippen molar-refractivity contribution in [2.75, 3.05) is 5.32 Å². The fourth-order valence-electron chi connectivity index (χ4n) is 1.36. The van der Waals surface area contributed by atoms with Crippen LogP contribution in [0.25, 0.3) is 0 Å². The van der Waals surface area contributed by atoms with Crippen LogP contribution < -0.4 is 5.32 Å². The first-order chi connectivity index (χ1) is 8.58. The fraction of sp³-hybridized carbons (Fsp3) is 0. The average molecular weight is 309 g/mol. The van der Waals surface area contributed by atoms with Gasteiger partial charge in [-0.15, -0.1) is 0 Å². The maximum Gasteiger partial charge on any atom is 0.259 e. The number of pyridine rings is 1. The zero-order valence-electron chi connectivity index (χ0n) is 9.09. The molecule has 5 nitrogen and oxygen atoms in total. The molecule has 0 saturated carbocycles. The third kappa shape index (κ3) is 2.60. The minimum Gasteiger partial charge on any atom is -0.504 e. The fourth-order valence-corrected chi connectivity index (χ4v) is 1.60. The van der Waals surface area contributed by atoms with E-state index in [1.165, 1.54) is 24.4 Å². The number of nitrogens with zero attached hydrogens (tertiary/aromatic N) is 1. The summed E-state index contributed by atoms with van der Waals surface area (Å²) in [6, 6.07) is 7.53. The van der Waals surface area contributed by atoms with E-state index < -0.39 is 11.7 Å². The van der Waals surface area contributed by atoms with Gasteiger partial charge in [-0.1, -0.05) is 6.07 Å². The average Bonchev–Trinajstić information content (AvgIpc) is 2.35. The van der Waals surface area contributed by atoms with Crippen LogP contribution in [0.2, 0.25) is 0 Å². The van der Waals surface area contributed by atoms with Gasteiger partial charge in [0.15, 0.2) is 11.5 Å². The van der Waals surface area contributed by atoms with Crippen LogP contribution in [-0.2, 0) is 0 Å². The molecule has 0 radical (unpaired) electrons. The molecule has 1 aromatic heterocycles. The molecule has 0 bridgehead atoms. The molecule has 0 atom stereocenters. The molecular weight excluding hydrogens is 300 g/mol. The van der Waals surface area contributed by atoms with Gasteiger partial charge in [0.05, 0.1) is 17.4 Å². The Balaban J connectivity index is 2.22. The highest BCUT2D eigenvalue weighted by atomic mass is 79.9. The number of anilines is 1. The summed E-state index contributed by atoms with van der Waals surface area (Å²) in [6.45, 7) is 0. The van der Waals surface area contributed by atoms with Crippen molar-refractivity contribution in [3.8, 4) is 11.5 Å². The van der Waals surface area contributed by atoms with Crippen LogP contribution in [0.3, 0.4) is 0 Å². The van der Waals surface area contributed by atoms with E-state index in [0.717, 1.165) is 0 Å². The van der Waals surface area contributed by atoms with E-state index in [1.54, 1.807) is 12.1 Å². The number of aromatic nitrogens is 1. The predicted octanol–water partition coefficient (Wildman–Crippen LogP) is 2.51. The lowest BCUT2D eigenvalue weighted by atomic mass is 10.1. The van der Waals surface area contributed by atoms with Crippen molar-refractivity contribution >= 4 is 27.5 Å². The summed E-state index contributed by atoms with van der Waals surface area (Å²) >= 11 is 3.18. The van der Waals surface area contributed by atoms with Crippen molar-refractivity contribution in [2.24, 2.45) is 0 Å². The van der Waals surface area contributed by atoms with Crippen LogP contribution >= 0.6 is 15.9 Å². The Bertz CT molecular complexity index is 584. The van der Waals surface area contributed by atoms with E-state index in [1.807, 2.05) is 0 Å². The largest absolute Gasteiger partial charge is 0.504 e. The molecule has 18 heavy (non-hydrogen) atoms. The van der Waals surface area contributed by atoms with Crippen molar-refractivity contribution in [2.45, 2.75) is 0 Å². The molecule has 0 saturated heterocycles. The number of rotatable bonds is 2. The van der Waals surface area contributed by atoms with Crippen LogP contribution in [0.4, 0.5) is 5.69 Å². The van der Waals surface area contributed by atoms with Crippen molar-refractivity contribution in [1.82, 2.24) is 4.98 Å². The maximum absolute atomic E-state index is 11.9. The third-order valence-electron chi connectivity index (χ3n) is 2.24. The van der Waals surface area contributed by atoms with Gasteiger partial charge in [0.1, 0.15) is 4.60 Å². The molecule has 0 aliphatic rings. The number of hydrogen-bond acceptors (Lipinski definition) is 4. The second-order valence-corrected chi connectivity index (χ2v) is 4.31. The molecule has 1 amide bonds. The lowest BCUT2D eigenvalue weighted by Crippen LogP contribution is -2.12. The number of amides is 1. The first-order valence-corrected chi connectivity index (χ1v) is 5.81. The molecule has 0 aliphatic heterocycles. The molecule has 1 heterocycles. The van der Waals surface area contributed by atoms with Crippen LogP contribution in [0, 0.1) is 0 Å². The topological polar surface area (TPSA) is 82.5 Å². The molecule has 0 spiro atoms. The molecule has 92 valence electrons. The minimum absolute atomic E-state index is 0.00193. The Morgan fingerprint density at radius 1 is 1.22 bits per heavy atom. The maximum atomic E-state index is 11.9. The van der Waals surface area contributed by atoms with Crippen molar-refractivity contribution in [3.05, 3.63) is 46.7 Å². The number of nitrogens with one attached hydrogen (secondary N) is 1. The van der Waals surface area contributed by atoms with Gasteiger partial charge < -0.3 is 15.5 Å². The molecule has 0 aliphatic carbocycles. The summed E-state index contributed by atoms with van der Waals surface area (Å²) in [5.41, 5.74) is 0.490. The third-order valence-corrected chi connectivity index (χ3v) is 2.71. The number of benzene rings is 1. The Morgan fingerprint density at radius 3 is 2.67 bits per heavy atom. The molecule has 3 N–H and O–H groups in total. The highest BCUT2D eigenvalue weighted by Gasteiger charge is 2.13. The standard InChI is InChI=1S/C12H9BrN2O3/c13-10-5-4-7(6-14-10)15-12(18)8-2-1-3-9(16)11(8)17/h1-6,16-17H,(H,15,18). The first kappa shape index (κ1) is 12.4. The Morgan fingerprint density at radius 2 is 2.00 bits per heavy atom. The summed E-state index contributed by atoms with van der Waals surface area (Å²) in [4.78, 5) is 15.8. The molecule has 0 fully saturated rings. The van der Waals surface area contributed by atoms with E-state index in [0.29, 0.717) is 10.3 Å². The summed E-state index contributed by atoms with van der Waals surface area (Å²) in [5.74, 6) is -1.30. The molecule has 6 heteroatoms. The van der Waals surface area contributed by atoms with E-state index >= 15 is 0 Å². The van der Waals surface area contributed by atoms with E-state index in [4.69, 9.17) is 0 Å². The molecule has 2 aromatic rings. The molecule has 1 aromatic carbocycles. The lowest BCUT2D eigenvalue weighted by molar-refractivity contribution is 0.102. The number of aromatic hydroxyl groups is 2. The highest BCUT2D eigenvalue weighted by Crippen LogP contribution is 2.28. The van der Waals surface area contributed by atoms with Gasteiger partial charge in [-0.25, -0.2) is 4.98 Å². The van der Waals surface area contributed by atoms with E-state index in [9.17, 15) is 15.0 Å². The monoisotopic (exact) mass is 308 g/mol. The van der Waals surface area contributed by atoms with Gasteiger partial charge in [0, 0.05) is 0 Å². The number of phenolic OH excluding ortho intramolecular Hbond substituents is 2. The number of phenols is 2. The number of halogens is 1. The van der Waals surface area contributed by atoms with Gasteiger partial charge in [-0.3, -0.25) is 4.79 Å². The summed E-state index contributed by atoms with van der Waals surface area (Å²) in [7, 11) is 0. The van der Waals surface area contributed by atoms with Crippen molar-refractivity contribution in [3.63, 3.8) is 0 Å². The number of carbonyl (C=O) groups is 1. The zero-order chi connectivity index (χ0) is 13.1. The number of para-hydroxylation sites is 1. The summed E-state index contributed by atoms with van der Waals surface area (Å²) in [6.07, 6.45) is 1.47. The van der Waals surface area contributed by atoms with Crippen LogP contribution in [-0.4, -0.2) is 21.1 Å². The van der Waals surface area contributed by atoms with E-state index in [-0.39, 0.29) is 11.3 Å². The number of hydrogen-bond donors (Lipinski definition) is 3. The number of carbonyl (C=O) groups excluding carboxylic acids is 1. The predicted molar refractivity (Wildman–Crippen MR) is 69.7 cm³/mol. The second kappa shape index (κ2) is 5.05. The highest BCUT2D eigenvalue weighted by molar-refractivity contribution is 9.10. The van der Waals surface area contributed by atoms with Gasteiger partial charge >= 0.3 is 0 Å². The summed E-state index contributed by atoms with van der Waals surface area (Å²) in [5, 5.41) is 21.4. The van der Waals surface area contributed by atoms with Crippen molar-refractivity contribution in [1.29, 1.82) is 0 Å². The first-order valence-electron chi connectivity index (χ1n) is 5.02. The van der Waals surface area contributed by atoms with Gasteiger partial charge in [0.25, 0.3) is 5.91 Å². The van der Waals surface area contributed by atoms with E-state index in [2.05, 4.69) is 26.2 Å². The second-order valence-electron chi connectivity index (χ2n) is 3.50. The molecule has 2 rings (SSSR count). The van der Waals surface area contributed by atoms with Crippen LogP contribution in [0.1, 0.15) is 10.4 Å². The Kier molecular flexibility index (Phi) is 3.47. The Labute approximate surface area is 111 Å². The lowest BCUT2D eigenvalue weighted by Gasteiger charge is -2.07. The smallest absolute Gasteiger partial charge is 0.259 e. The normalized spacial score (nSPS) is 10.1. The van der Waals surface area contributed by atoms with Crippen molar-refractivity contribution < 1.29 is 15.0 Å². The summed E-state index contributed by atoms with van der Waals surface area (Å²) < 4.78 is 0.653. The van der Waals surface area contributed by atoms with Gasteiger partial charge in [-0.05, 0) is 40.2 Å². The zero-order valence-corrected chi connectivity index (χ0v) is 10.7. The Hall–Kier alpha value is -2.08. The SMILES string of the molecule is O=C(Nc1ccc(Br)nc1)c1cccc(O)c1O. The molecular formula is C12H9BrN2O3. The molecule has 0 unspecified atom stereocenters. The van der Waals surface area contributed by atoms with Gasteiger partial charge in [0.2, 0.25) is 0 Å².